The van der Waals surface area contributed by atoms with E-state index in [1.54, 1.807) is 0 Å². The van der Waals surface area contributed by atoms with Crippen molar-refractivity contribution in [2.45, 2.75) is 12.4 Å². The van der Waals surface area contributed by atoms with Crippen LogP contribution in [-0.4, -0.2) is 16.1 Å². The minimum absolute atomic E-state index is 0.0890. The molecule has 0 saturated heterocycles. The van der Waals surface area contributed by atoms with Gasteiger partial charge in [0.05, 0.1) is 5.56 Å². The molecule has 4 nitrogen and oxygen atoms in total. The van der Waals surface area contributed by atoms with E-state index in [0.29, 0.717) is 12.4 Å². The second-order valence-corrected chi connectivity index (χ2v) is 4.60. The molecular weight excluding hydrogens is 278 g/mol. The quantitative estimate of drug-likeness (QED) is 0.759. The summed E-state index contributed by atoms with van der Waals surface area (Å²) in [5.74, 6) is -0.328. The Labute approximate surface area is 121 Å². The summed E-state index contributed by atoms with van der Waals surface area (Å²) < 4.78 is 0. The van der Waals surface area contributed by atoms with Gasteiger partial charge in [-0.25, -0.2) is 0 Å². The van der Waals surface area contributed by atoms with Gasteiger partial charge in [0.15, 0.2) is 0 Å². The molecule has 2 aromatic carbocycles. The van der Waals surface area contributed by atoms with Crippen molar-refractivity contribution in [3.05, 3.63) is 59.2 Å². The number of halogens is 1. The number of aromatic hydroxyl groups is 2. The third-order valence-corrected chi connectivity index (χ3v) is 3.13. The van der Waals surface area contributed by atoms with Crippen LogP contribution in [0.1, 0.15) is 21.5 Å². The molecule has 0 bridgehead atoms. The average Bonchev–Trinajstić information content (AvgIpc) is 2.45. The predicted molar refractivity (Wildman–Crippen MR) is 76.9 cm³/mol. The second-order valence-electron chi connectivity index (χ2n) is 4.34. The fraction of sp³-hybridized carbons (Fsp3) is 0.133. The van der Waals surface area contributed by atoms with Crippen LogP contribution in [0.25, 0.3) is 0 Å². The molecule has 104 valence electrons. The normalized spacial score (nSPS) is 10.2. The van der Waals surface area contributed by atoms with Gasteiger partial charge in [-0.2, -0.15) is 0 Å². The van der Waals surface area contributed by atoms with E-state index in [4.69, 9.17) is 11.6 Å². The Morgan fingerprint density at radius 2 is 1.85 bits per heavy atom. The maximum atomic E-state index is 11.9. The summed E-state index contributed by atoms with van der Waals surface area (Å²) in [7, 11) is 0. The SMILES string of the molecule is O=C(NCc1cccc(CCl)c1)c1ccc(O)cc1O. The van der Waals surface area contributed by atoms with E-state index in [-0.39, 0.29) is 17.1 Å². The number of carbonyl (C=O) groups is 1. The number of hydrogen-bond acceptors (Lipinski definition) is 3. The molecule has 0 saturated carbocycles. The predicted octanol–water partition coefficient (Wildman–Crippen LogP) is 2.77. The summed E-state index contributed by atoms with van der Waals surface area (Å²) in [5, 5.41) is 21.5. The first-order valence-corrected chi connectivity index (χ1v) is 6.57. The number of amides is 1. The van der Waals surface area contributed by atoms with Crippen molar-refractivity contribution in [1.29, 1.82) is 0 Å². The van der Waals surface area contributed by atoms with E-state index in [0.717, 1.165) is 17.2 Å². The summed E-state index contributed by atoms with van der Waals surface area (Å²) in [4.78, 5) is 11.9. The van der Waals surface area contributed by atoms with Crippen LogP contribution >= 0.6 is 11.6 Å². The molecule has 0 atom stereocenters. The molecule has 0 radical (unpaired) electrons. The number of alkyl halides is 1. The van der Waals surface area contributed by atoms with Crippen molar-refractivity contribution >= 4 is 17.5 Å². The lowest BCUT2D eigenvalue weighted by Crippen LogP contribution is -2.22. The third kappa shape index (κ3) is 3.42. The number of phenolic OH excluding ortho intramolecular Hbond substituents is 2. The highest BCUT2D eigenvalue weighted by atomic mass is 35.5. The fourth-order valence-electron chi connectivity index (χ4n) is 1.81. The highest BCUT2D eigenvalue weighted by Gasteiger charge is 2.11. The minimum atomic E-state index is -0.404. The van der Waals surface area contributed by atoms with E-state index in [1.807, 2.05) is 24.3 Å². The zero-order valence-electron chi connectivity index (χ0n) is 10.6. The Kier molecular flexibility index (Phi) is 4.48. The number of carbonyl (C=O) groups excluding carboxylic acids is 1. The Morgan fingerprint density at radius 1 is 1.10 bits per heavy atom. The summed E-state index contributed by atoms with van der Waals surface area (Å²) in [6.07, 6.45) is 0. The van der Waals surface area contributed by atoms with Gasteiger partial charge >= 0.3 is 0 Å². The molecule has 2 rings (SSSR count). The Bertz CT molecular complexity index is 628. The minimum Gasteiger partial charge on any atom is -0.508 e. The zero-order valence-corrected chi connectivity index (χ0v) is 11.4. The van der Waals surface area contributed by atoms with Gasteiger partial charge in [0, 0.05) is 18.5 Å². The Hall–Kier alpha value is -2.20. The first kappa shape index (κ1) is 14.2. The maximum Gasteiger partial charge on any atom is 0.255 e. The lowest BCUT2D eigenvalue weighted by molar-refractivity contribution is 0.0948. The molecule has 0 fully saturated rings. The Balaban J connectivity index is 2.04. The average molecular weight is 292 g/mol. The molecule has 0 heterocycles. The van der Waals surface area contributed by atoms with Crippen molar-refractivity contribution in [3.8, 4) is 11.5 Å². The van der Waals surface area contributed by atoms with Gasteiger partial charge in [-0.1, -0.05) is 24.3 Å². The van der Waals surface area contributed by atoms with Crippen LogP contribution in [0.2, 0.25) is 0 Å². The van der Waals surface area contributed by atoms with Gasteiger partial charge in [0.25, 0.3) is 5.91 Å². The summed E-state index contributed by atoms with van der Waals surface area (Å²) in [6.45, 7) is 0.337. The summed E-state index contributed by atoms with van der Waals surface area (Å²) >= 11 is 5.75. The van der Waals surface area contributed by atoms with Crippen molar-refractivity contribution in [1.82, 2.24) is 5.32 Å². The zero-order chi connectivity index (χ0) is 14.5. The van der Waals surface area contributed by atoms with E-state index in [9.17, 15) is 15.0 Å². The van der Waals surface area contributed by atoms with Crippen LogP contribution in [-0.2, 0) is 12.4 Å². The molecule has 0 spiro atoms. The molecule has 2 aromatic rings. The highest BCUT2D eigenvalue weighted by molar-refractivity contribution is 6.17. The van der Waals surface area contributed by atoms with Gasteiger partial charge in [-0.05, 0) is 23.3 Å². The molecule has 0 unspecified atom stereocenters. The number of nitrogens with one attached hydrogen (secondary N) is 1. The molecule has 5 heteroatoms. The van der Waals surface area contributed by atoms with Crippen molar-refractivity contribution < 1.29 is 15.0 Å². The van der Waals surface area contributed by atoms with Gasteiger partial charge in [-0.3, -0.25) is 4.79 Å². The van der Waals surface area contributed by atoms with E-state index < -0.39 is 5.91 Å². The molecule has 0 aromatic heterocycles. The van der Waals surface area contributed by atoms with Gasteiger partial charge < -0.3 is 15.5 Å². The molecule has 3 N–H and O–H groups in total. The number of hydrogen-bond donors (Lipinski definition) is 3. The van der Waals surface area contributed by atoms with Crippen LogP contribution in [0.15, 0.2) is 42.5 Å². The smallest absolute Gasteiger partial charge is 0.255 e. The molecule has 0 aliphatic heterocycles. The first-order chi connectivity index (χ1) is 9.60. The van der Waals surface area contributed by atoms with Crippen molar-refractivity contribution in [2.75, 3.05) is 0 Å². The lowest BCUT2D eigenvalue weighted by Gasteiger charge is -2.08. The molecule has 20 heavy (non-hydrogen) atoms. The summed E-state index contributed by atoms with van der Waals surface area (Å²) in [6, 6.07) is 11.4. The topological polar surface area (TPSA) is 69.6 Å². The van der Waals surface area contributed by atoms with Crippen molar-refractivity contribution in [2.24, 2.45) is 0 Å². The van der Waals surface area contributed by atoms with E-state index >= 15 is 0 Å². The number of phenols is 2. The van der Waals surface area contributed by atoms with Crippen LogP contribution in [0.3, 0.4) is 0 Å². The first-order valence-electron chi connectivity index (χ1n) is 6.04. The molecular formula is C15H14ClNO3. The number of benzene rings is 2. The van der Waals surface area contributed by atoms with Crippen LogP contribution < -0.4 is 5.32 Å². The Morgan fingerprint density at radius 3 is 2.55 bits per heavy atom. The van der Waals surface area contributed by atoms with Gasteiger partial charge in [-0.15, -0.1) is 11.6 Å². The fourth-order valence-corrected chi connectivity index (χ4v) is 1.98. The van der Waals surface area contributed by atoms with Gasteiger partial charge in [0.2, 0.25) is 0 Å². The van der Waals surface area contributed by atoms with Crippen LogP contribution in [0, 0.1) is 0 Å². The van der Waals surface area contributed by atoms with Crippen molar-refractivity contribution in [3.63, 3.8) is 0 Å². The van der Waals surface area contributed by atoms with E-state index in [1.165, 1.54) is 12.1 Å². The molecule has 1 amide bonds. The van der Waals surface area contributed by atoms with E-state index in [2.05, 4.69) is 5.32 Å². The van der Waals surface area contributed by atoms with Crippen LogP contribution in [0.5, 0.6) is 11.5 Å². The highest BCUT2D eigenvalue weighted by Crippen LogP contribution is 2.22. The summed E-state index contributed by atoms with van der Waals surface area (Å²) in [5.41, 5.74) is 2.02. The monoisotopic (exact) mass is 291 g/mol. The molecule has 0 aliphatic carbocycles. The lowest BCUT2D eigenvalue weighted by atomic mass is 10.1. The van der Waals surface area contributed by atoms with Gasteiger partial charge in [0.1, 0.15) is 11.5 Å². The second kappa shape index (κ2) is 6.30. The molecule has 0 aliphatic rings. The standard InChI is InChI=1S/C15H14ClNO3/c16-8-10-2-1-3-11(6-10)9-17-15(20)13-5-4-12(18)7-14(13)19/h1-7,18-19H,8-9H2,(H,17,20). The van der Waals surface area contributed by atoms with Crippen LogP contribution in [0.4, 0.5) is 0 Å². The maximum absolute atomic E-state index is 11.9. The largest absolute Gasteiger partial charge is 0.508 e. The number of rotatable bonds is 4. The third-order valence-electron chi connectivity index (χ3n) is 2.82.